The maximum atomic E-state index is 11.3. The van der Waals surface area contributed by atoms with Gasteiger partial charge in [0, 0.05) is 5.75 Å². The Bertz CT molecular complexity index is 511. The van der Waals surface area contributed by atoms with Crippen molar-refractivity contribution < 1.29 is 24.5 Å². The minimum absolute atomic E-state index is 0.140. The van der Waals surface area contributed by atoms with Crippen molar-refractivity contribution in [1.29, 1.82) is 0 Å². The molecule has 4 N–H and O–H groups in total. The lowest BCUT2D eigenvalue weighted by atomic mass is 9.93. The van der Waals surface area contributed by atoms with E-state index < -0.39 is 23.9 Å². The van der Waals surface area contributed by atoms with Crippen LogP contribution in [0, 0.1) is 5.92 Å². The minimum Gasteiger partial charge on any atom is -0.493 e. The Hall–Kier alpha value is -1.00. The minimum atomic E-state index is -1.11. The molecule has 0 fully saturated rings. The third-order valence-corrected chi connectivity index (χ3v) is 4.97. The zero-order valence-electron chi connectivity index (χ0n) is 12.5. The lowest BCUT2D eigenvalue weighted by molar-refractivity contribution is -0.143. The summed E-state index contributed by atoms with van der Waals surface area (Å²) in [4.78, 5) is 22.0. The predicted molar refractivity (Wildman–Crippen MR) is 98.1 cm³/mol. The summed E-state index contributed by atoms with van der Waals surface area (Å²) in [6, 6.07) is 6.27. The van der Waals surface area contributed by atoms with Gasteiger partial charge in [0.05, 0.1) is 12.5 Å². The van der Waals surface area contributed by atoms with E-state index in [1.807, 2.05) is 24.3 Å². The zero-order chi connectivity index (χ0) is 17.2. The molecule has 0 amide bonds. The van der Waals surface area contributed by atoms with Crippen molar-refractivity contribution in [3.8, 4) is 5.75 Å². The highest BCUT2D eigenvalue weighted by Crippen LogP contribution is 2.19. The van der Waals surface area contributed by atoms with Crippen LogP contribution in [-0.2, 0) is 16.0 Å². The molecule has 0 saturated heterocycles. The van der Waals surface area contributed by atoms with Gasteiger partial charge in [-0.05, 0) is 58.2 Å². The Morgan fingerprint density at radius 2 is 1.83 bits per heavy atom. The Balaban J connectivity index is 2.55. The molecule has 1 unspecified atom stereocenters. The average molecular weight is 453 g/mol. The number of nitrogens with two attached hydrogens (primary N) is 1. The summed E-state index contributed by atoms with van der Waals surface area (Å²) in [6.45, 7) is 0.623. The number of carboxylic acid groups (broad SMARTS) is 2. The van der Waals surface area contributed by atoms with Gasteiger partial charge >= 0.3 is 11.9 Å². The molecule has 0 aliphatic rings. The number of rotatable bonds is 11. The van der Waals surface area contributed by atoms with E-state index in [0.29, 0.717) is 13.0 Å². The van der Waals surface area contributed by atoms with Gasteiger partial charge in [0.25, 0.3) is 0 Å². The average Bonchev–Trinajstić information content (AvgIpc) is 2.52. The fourth-order valence-corrected chi connectivity index (χ4v) is 2.70. The van der Waals surface area contributed by atoms with Gasteiger partial charge in [0.15, 0.2) is 0 Å². The first kappa shape index (κ1) is 20.0. The summed E-state index contributed by atoms with van der Waals surface area (Å²) in [7, 11) is 1.67. The van der Waals surface area contributed by atoms with Gasteiger partial charge in [0.2, 0.25) is 0 Å². The quantitative estimate of drug-likeness (QED) is 0.349. The number of halogens is 1. The van der Waals surface area contributed by atoms with Gasteiger partial charge in [-0.2, -0.15) is 0 Å². The highest BCUT2D eigenvalue weighted by atomic mass is 127. The predicted octanol–water partition coefficient (Wildman–Crippen LogP) is 2.58. The van der Waals surface area contributed by atoms with E-state index in [9.17, 15) is 14.7 Å². The molecule has 0 aliphatic heterocycles. The summed E-state index contributed by atoms with van der Waals surface area (Å²) >= 11 is 2.21. The molecule has 128 valence electrons. The molecule has 6 nitrogen and oxygen atoms in total. The molecule has 8 heteroatoms. The summed E-state index contributed by atoms with van der Waals surface area (Å²) in [5.74, 6) is -1.06. The summed E-state index contributed by atoms with van der Waals surface area (Å²) in [5, 5.41) is 18.0. The second-order valence-electron chi connectivity index (χ2n) is 5.07. The van der Waals surface area contributed by atoms with E-state index in [1.165, 1.54) is 0 Å². The SMILES string of the molecule is N[C@@H](CCC(Cc1ccc(OCCSI)cc1)C(=O)O)C(=O)O. The van der Waals surface area contributed by atoms with E-state index in [-0.39, 0.29) is 12.8 Å². The first-order valence-corrected chi connectivity index (χ1v) is 10.6. The highest BCUT2D eigenvalue weighted by Gasteiger charge is 2.21. The second-order valence-corrected chi connectivity index (χ2v) is 7.56. The van der Waals surface area contributed by atoms with Crippen molar-refractivity contribution >= 4 is 42.1 Å². The van der Waals surface area contributed by atoms with Crippen LogP contribution in [0.2, 0.25) is 0 Å². The van der Waals surface area contributed by atoms with E-state index in [0.717, 1.165) is 17.1 Å². The molecule has 1 aromatic carbocycles. The fraction of sp³-hybridized carbons (Fsp3) is 0.467. The van der Waals surface area contributed by atoms with Crippen molar-refractivity contribution in [2.24, 2.45) is 11.7 Å². The van der Waals surface area contributed by atoms with Gasteiger partial charge in [-0.15, -0.1) is 0 Å². The lowest BCUT2D eigenvalue weighted by Gasteiger charge is -2.14. The normalized spacial score (nSPS) is 13.3. The standard InChI is InChI=1S/C15H20INO5S/c16-23-8-7-22-12-4-1-10(2-5-12)9-11(14(18)19)3-6-13(17)15(20)21/h1-2,4-5,11,13H,3,6-9,17H2,(H,18,19)(H,20,21)/t11?,13-/m0/s1. The van der Waals surface area contributed by atoms with Crippen molar-refractivity contribution in [3.63, 3.8) is 0 Å². The van der Waals surface area contributed by atoms with E-state index in [1.54, 1.807) is 8.93 Å². The van der Waals surface area contributed by atoms with Crippen molar-refractivity contribution in [2.75, 3.05) is 12.4 Å². The molecule has 2 atom stereocenters. The van der Waals surface area contributed by atoms with Crippen LogP contribution in [0.25, 0.3) is 0 Å². The van der Waals surface area contributed by atoms with E-state index in [4.69, 9.17) is 15.6 Å². The third-order valence-electron chi connectivity index (χ3n) is 3.33. The van der Waals surface area contributed by atoms with E-state index >= 15 is 0 Å². The molecular weight excluding hydrogens is 433 g/mol. The smallest absolute Gasteiger partial charge is 0.320 e. The molecule has 0 heterocycles. The first-order valence-electron chi connectivity index (χ1n) is 7.10. The van der Waals surface area contributed by atoms with Crippen LogP contribution in [0.4, 0.5) is 0 Å². The summed E-state index contributed by atoms with van der Waals surface area (Å²) in [6.07, 6.45) is 0.709. The molecule has 0 spiro atoms. The van der Waals surface area contributed by atoms with Crippen LogP contribution < -0.4 is 10.5 Å². The molecule has 0 aliphatic carbocycles. The Labute approximate surface area is 151 Å². The van der Waals surface area contributed by atoms with Crippen molar-refractivity contribution in [3.05, 3.63) is 29.8 Å². The zero-order valence-corrected chi connectivity index (χ0v) is 15.5. The number of hydrogen-bond acceptors (Lipinski definition) is 5. The largest absolute Gasteiger partial charge is 0.493 e. The summed E-state index contributed by atoms with van der Waals surface area (Å²) in [5.41, 5.74) is 6.30. The van der Waals surface area contributed by atoms with Crippen LogP contribution in [0.5, 0.6) is 5.75 Å². The van der Waals surface area contributed by atoms with Crippen LogP contribution in [0.1, 0.15) is 18.4 Å². The van der Waals surface area contributed by atoms with Crippen LogP contribution in [-0.4, -0.2) is 40.6 Å². The number of carbonyl (C=O) groups is 2. The maximum Gasteiger partial charge on any atom is 0.320 e. The van der Waals surface area contributed by atoms with E-state index in [2.05, 4.69) is 21.2 Å². The third kappa shape index (κ3) is 7.89. The molecule has 1 rings (SSSR count). The van der Waals surface area contributed by atoms with Gasteiger partial charge in [0.1, 0.15) is 11.8 Å². The number of benzene rings is 1. The molecule has 23 heavy (non-hydrogen) atoms. The van der Waals surface area contributed by atoms with Gasteiger partial charge < -0.3 is 20.7 Å². The first-order chi connectivity index (χ1) is 10.9. The topological polar surface area (TPSA) is 110 Å². The van der Waals surface area contributed by atoms with Gasteiger partial charge in [-0.3, -0.25) is 9.59 Å². The number of aliphatic carboxylic acids is 2. The second kappa shape index (κ2) is 10.7. The molecule has 0 bridgehead atoms. The Morgan fingerprint density at radius 3 is 2.35 bits per heavy atom. The highest BCUT2D eigenvalue weighted by molar-refractivity contribution is 14.2. The molecule has 1 aromatic rings. The van der Waals surface area contributed by atoms with Crippen molar-refractivity contribution in [1.82, 2.24) is 0 Å². The Morgan fingerprint density at radius 1 is 1.17 bits per heavy atom. The lowest BCUT2D eigenvalue weighted by Crippen LogP contribution is -2.31. The van der Waals surface area contributed by atoms with Crippen LogP contribution in [0.3, 0.4) is 0 Å². The number of ether oxygens (including phenoxy) is 1. The number of carboxylic acids is 2. The van der Waals surface area contributed by atoms with Crippen molar-refractivity contribution in [2.45, 2.75) is 25.3 Å². The van der Waals surface area contributed by atoms with Gasteiger partial charge in [-0.25, -0.2) is 0 Å². The number of hydrogen-bond donors (Lipinski definition) is 3. The molecule has 0 radical (unpaired) electrons. The molecular formula is C15H20INO5S. The Kier molecular flexibility index (Phi) is 9.34. The molecule has 0 aromatic heterocycles. The summed E-state index contributed by atoms with van der Waals surface area (Å²) < 4.78 is 5.54. The maximum absolute atomic E-state index is 11.3. The van der Waals surface area contributed by atoms with Gasteiger partial charge in [-0.1, -0.05) is 21.1 Å². The monoisotopic (exact) mass is 453 g/mol. The van der Waals surface area contributed by atoms with Crippen LogP contribution >= 0.6 is 30.1 Å². The molecule has 0 saturated carbocycles. The fourth-order valence-electron chi connectivity index (χ4n) is 2.01. The van der Waals surface area contributed by atoms with Crippen LogP contribution in [0.15, 0.2) is 24.3 Å².